The molecule has 3 heteroatoms. The first kappa shape index (κ1) is 14.8. The van der Waals surface area contributed by atoms with E-state index in [4.69, 9.17) is 15.2 Å². The molecule has 0 amide bonds. The van der Waals surface area contributed by atoms with E-state index in [1.54, 1.807) is 14.2 Å². The van der Waals surface area contributed by atoms with Crippen molar-refractivity contribution in [1.82, 2.24) is 0 Å². The first-order valence-corrected chi connectivity index (χ1v) is 6.27. The molecule has 1 atom stereocenters. The van der Waals surface area contributed by atoms with Crippen molar-refractivity contribution in [3.05, 3.63) is 23.3 Å². The molecule has 1 aromatic rings. The average Bonchev–Trinajstić information content (AvgIpc) is 2.26. The van der Waals surface area contributed by atoms with Gasteiger partial charge in [-0.15, -0.1) is 0 Å². The van der Waals surface area contributed by atoms with Crippen molar-refractivity contribution >= 4 is 0 Å². The van der Waals surface area contributed by atoms with Crippen molar-refractivity contribution in [2.24, 2.45) is 11.1 Å². The van der Waals surface area contributed by atoms with Gasteiger partial charge in [0.05, 0.1) is 14.2 Å². The Labute approximate surface area is 110 Å². The molecular weight excluding hydrogens is 226 g/mol. The molecule has 102 valence electrons. The zero-order chi connectivity index (χ0) is 13.9. The van der Waals surface area contributed by atoms with Crippen LogP contribution in [0.4, 0.5) is 0 Å². The lowest BCUT2D eigenvalue weighted by atomic mass is 9.85. The van der Waals surface area contributed by atoms with E-state index in [1.807, 2.05) is 19.1 Å². The van der Waals surface area contributed by atoms with Gasteiger partial charge in [0, 0.05) is 17.2 Å². The van der Waals surface area contributed by atoms with Gasteiger partial charge in [-0.1, -0.05) is 26.8 Å². The molecule has 0 fully saturated rings. The van der Waals surface area contributed by atoms with Gasteiger partial charge in [0.15, 0.2) is 0 Å². The SMILES string of the molecule is COc1ccc(C(N)CC(C)(C)C)c(OC)c1C. The summed E-state index contributed by atoms with van der Waals surface area (Å²) in [6.45, 7) is 8.56. The Balaban J connectivity index is 3.13. The summed E-state index contributed by atoms with van der Waals surface area (Å²) in [5, 5.41) is 0. The van der Waals surface area contributed by atoms with E-state index in [0.717, 1.165) is 29.0 Å². The first-order chi connectivity index (χ1) is 8.30. The number of ether oxygens (including phenoxy) is 2. The van der Waals surface area contributed by atoms with Crippen molar-refractivity contribution in [1.29, 1.82) is 0 Å². The summed E-state index contributed by atoms with van der Waals surface area (Å²) in [6.07, 6.45) is 0.912. The van der Waals surface area contributed by atoms with E-state index >= 15 is 0 Å². The van der Waals surface area contributed by atoms with Gasteiger partial charge in [-0.05, 0) is 24.8 Å². The van der Waals surface area contributed by atoms with E-state index in [-0.39, 0.29) is 11.5 Å². The Morgan fingerprint density at radius 2 is 1.78 bits per heavy atom. The molecule has 2 N–H and O–H groups in total. The Kier molecular flexibility index (Phi) is 4.63. The summed E-state index contributed by atoms with van der Waals surface area (Å²) < 4.78 is 10.8. The highest BCUT2D eigenvalue weighted by Crippen LogP contribution is 2.37. The van der Waals surface area contributed by atoms with Gasteiger partial charge in [-0.3, -0.25) is 0 Å². The molecule has 0 aromatic heterocycles. The van der Waals surface area contributed by atoms with Crippen LogP contribution in [-0.4, -0.2) is 14.2 Å². The third-order valence-electron chi connectivity index (χ3n) is 3.04. The Hall–Kier alpha value is -1.22. The molecule has 0 heterocycles. The van der Waals surface area contributed by atoms with Crippen LogP contribution in [0, 0.1) is 12.3 Å². The van der Waals surface area contributed by atoms with Crippen molar-refractivity contribution in [2.75, 3.05) is 14.2 Å². The monoisotopic (exact) mass is 251 g/mol. The molecule has 0 radical (unpaired) electrons. The number of benzene rings is 1. The highest BCUT2D eigenvalue weighted by molar-refractivity contribution is 5.50. The molecule has 3 nitrogen and oxygen atoms in total. The molecule has 0 spiro atoms. The smallest absolute Gasteiger partial charge is 0.130 e. The normalized spacial score (nSPS) is 13.3. The van der Waals surface area contributed by atoms with Gasteiger partial charge in [0.2, 0.25) is 0 Å². The topological polar surface area (TPSA) is 44.5 Å². The van der Waals surface area contributed by atoms with Crippen LogP contribution in [0.25, 0.3) is 0 Å². The maximum atomic E-state index is 6.30. The van der Waals surface area contributed by atoms with Crippen LogP contribution < -0.4 is 15.2 Å². The minimum Gasteiger partial charge on any atom is -0.496 e. The maximum Gasteiger partial charge on any atom is 0.130 e. The predicted octanol–water partition coefficient (Wildman–Crippen LogP) is 3.45. The lowest BCUT2D eigenvalue weighted by Gasteiger charge is -2.25. The highest BCUT2D eigenvalue weighted by atomic mass is 16.5. The second-order valence-corrected chi connectivity index (χ2v) is 5.89. The van der Waals surface area contributed by atoms with Gasteiger partial charge in [-0.2, -0.15) is 0 Å². The van der Waals surface area contributed by atoms with Crippen molar-refractivity contribution in [2.45, 2.75) is 40.2 Å². The number of methoxy groups -OCH3 is 2. The van der Waals surface area contributed by atoms with Crippen LogP contribution in [0.1, 0.15) is 44.4 Å². The molecule has 0 bridgehead atoms. The molecule has 0 saturated heterocycles. The molecular formula is C15H25NO2. The van der Waals surface area contributed by atoms with E-state index in [0.29, 0.717) is 0 Å². The van der Waals surface area contributed by atoms with Crippen molar-refractivity contribution < 1.29 is 9.47 Å². The summed E-state index contributed by atoms with van der Waals surface area (Å²) in [5.41, 5.74) is 8.54. The average molecular weight is 251 g/mol. The Morgan fingerprint density at radius 3 is 2.22 bits per heavy atom. The summed E-state index contributed by atoms with van der Waals surface area (Å²) in [6, 6.07) is 3.93. The fourth-order valence-electron chi connectivity index (χ4n) is 2.25. The fourth-order valence-corrected chi connectivity index (χ4v) is 2.25. The van der Waals surface area contributed by atoms with Crippen LogP contribution in [0.3, 0.4) is 0 Å². The zero-order valence-electron chi connectivity index (χ0n) is 12.3. The summed E-state index contributed by atoms with van der Waals surface area (Å²) >= 11 is 0. The summed E-state index contributed by atoms with van der Waals surface area (Å²) in [4.78, 5) is 0. The van der Waals surface area contributed by atoms with E-state index in [1.165, 1.54) is 0 Å². The number of nitrogens with two attached hydrogens (primary N) is 1. The molecule has 0 aliphatic rings. The van der Waals surface area contributed by atoms with Gasteiger partial charge in [0.1, 0.15) is 11.5 Å². The minimum atomic E-state index is -0.0236. The van der Waals surface area contributed by atoms with Crippen LogP contribution in [0.15, 0.2) is 12.1 Å². The largest absolute Gasteiger partial charge is 0.496 e. The van der Waals surface area contributed by atoms with Crippen LogP contribution in [0.2, 0.25) is 0 Å². The van der Waals surface area contributed by atoms with Crippen LogP contribution >= 0.6 is 0 Å². The van der Waals surface area contributed by atoms with Crippen LogP contribution in [0.5, 0.6) is 11.5 Å². The van der Waals surface area contributed by atoms with E-state index in [9.17, 15) is 0 Å². The number of hydrogen-bond acceptors (Lipinski definition) is 3. The van der Waals surface area contributed by atoms with Gasteiger partial charge in [-0.25, -0.2) is 0 Å². The Morgan fingerprint density at radius 1 is 1.17 bits per heavy atom. The summed E-state index contributed by atoms with van der Waals surface area (Å²) in [5.74, 6) is 1.67. The number of hydrogen-bond donors (Lipinski definition) is 1. The third kappa shape index (κ3) is 3.39. The Bertz CT molecular complexity index is 408. The van der Waals surface area contributed by atoms with Gasteiger partial charge in [0.25, 0.3) is 0 Å². The van der Waals surface area contributed by atoms with Gasteiger partial charge >= 0.3 is 0 Å². The number of rotatable bonds is 4. The quantitative estimate of drug-likeness (QED) is 0.891. The standard InChI is InChI=1S/C15H25NO2/c1-10-13(17-5)8-7-11(14(10)18-6)12(16)9-15(2,3)4/h7-8,12H,9,16H2,1-6H3. The lowest BCUT2D eigenvalue weighted by molar-refractivity contribution is 0.332. The maximum absolute atomic E-state index is 6.30. The molecule has 0 saturated carbocycles. The fraction of sp³-hybridized carbons (Fsp3) is 0.600. The molecule has 1 rings (SSSR count). The van der Waals surface area contributed by atoms with Crippen molar-refractivity contribution in [3.63, 3.8) is 0 Å². The van der Waals surface area contributed by atoms with Gasteiger partial charge < -0.3 is 15.2 Å². The minimum absolute atomic E-state index is 0.0236. The second kappa shape index (κ2) is 5.61. The molecule has 0 aliphatic carbocycles. The van der Waals surface area contributed by atoms with E-state index in [2.05, 4.69) is 20.8 Å². The molecule has 1 unspecified atom stereocenters. The van der Waals surface area contributed by atoms with Crippen LogP contribution in [-0.2, 0) is 0 Å². The summed E-state index contributed by atoms with van der Waals surface area (Å²) in [7, 11) is 3.34. The lowest BCUT2D eigenvalue weighted by Crippen LogP contribution is -2.19. The molecule has 0 aliphatic heterocycles. The zero-order valence-corrected chi connectivity index (χ0v) is 12.3. The third-order valence-corrected chi connectivity index (χ3v) is 3.04. The highest BCUT2D eigenvalue weighted by Gasteiger charge is 2.21. The molecule has 18 heavy (non-hydrogen) atoms. The molecule has 1 aromatic carbocycles. The van der Waals surface area contributed by atoms with Crippen molar-refractivity contribution in [3.8, 4) is 11.5 Å². The van der Waals surface area contributed by atoms with E-state index < -0.39 is 0 Å². The first-order valence-electron chi connectivity index (χ1n) is 6.27. The second-order valence-electron chi connectivity index (χ2n) is 5.89. The predicted molar refractivity (Wildman–Crippen MR) is 75.3 cm³/mol.